The Labute approximate surface area is 236 Å². The van der Waals surface area contributed by atoms with Crippen molar-refractivity contribution in [1.29, 1.82) is 0 Å². The number of anilines is 1. The van der Waals surface area contributed by atoms with E-state index in [1.165, 1.54) is 12.1 Å². The first-order valence-corrected chi connectivity index (χ1v) is 13.2. The molecule has 4 aromatic carbocycles. The summed E-state index contributed by atoms with van der Waals surface area (Å²) in [6, 6.07) is 23.8. The maximum Gasteiger partial charge on any atom is 0.270 e. The molecule has 0 aliphatic rings. The normalized spacial score (nSPS) is 10.8. The zero-order chi connectivity index (χ0) is 27.4. The summed E-state index contributed by atoms with van der Waals surface area (Å²) in [4.78, 5) is 28.2. The fraction of sp³-hybridized carbons (Fsp3) is 0.0714. The van der Waals surface area contributed by atoms with Gasteiger partial charge in [0, 0.05) is 44.9 Å². The summed E-state index contributed by atoms with van der Waals surface area (Å²) in [6.07, 6.45) is 0. The highest BCUT2D eigenvalue weighted by molar-refractivity contribution is 7.22. The van der Waals surface area contributed by atoms with Crippen molar-refractivity contribution in [3.05, 3.63) is 122 Å². The quantitative estimate of drug-likeness (QED) is 0.140. The molecule has 1 amide bonds. The number of benzene rings is 4. The van der Waals surface area contributed by atoms with E-state index in [4.69, 9.17) is 32.7 Å². The Bertz CT molecular complexity index is 1620. The lowest BCUT2D eigenvalue weighted by molar-refractivity contribution is -0.384. The van der Waals surface area contributed by atoms with Crippen LogP contribution in [0.2, 0.25) is 10.0 Å². The number of rotatable bonds is 9. The molecule has 0 saturated heterocycles. The van der Waals surface area contributed by atoms with Gasteiger partial charge in [0.15, 0.2) is 5.13 Å². The molecule has 0 aliphatic heterocycles. The predicted octanol–water partition coefficient (Wildman–Crippen LogP) is 7.92. The highest BCUT2D eigenvalue weighted by atomic mass is 35.5. The van der Waals surface area contributed by atoms with Gasteiger partial charge in [0.25, 0.3) is 11.6 Å². The van der Waals surface area contributed by atoms with Crippen LogP contribution in [0.1, 0.15) is 21.5 Å². The SMILES string of the molecule is O=C(Nc1nc2ccc([N+](=O)[O-])cc2s1)c1cc(OCc2ccccc2Cl)cc(OCc2ccccc2Cl)c1. The number of non-ortho nitro benzene ring substituents is 1. The standard InChI is InChI=1S/C28H19Cl2N3O5S/c29-23-7-3-1-5-17(23)15-37-21-11-19(12-22(14-21)38-16-18-6-2-4-8-24(18)30)27(34)32-28-31-25-10-9-20(33(35)36)13-26(25)39-28/h1-14H,15-16H2,(H,31,32,34). The number of nitro benzene ring substituents is 1. The van der Waals surface area contributed by atoms with E-state index < -0.39 is 10.8 Å². The number of fused-ring (bicyclic) bond motifs is 1. The fourth-order valence-corrected chi connectivity index (χ4v) is 4.95. The summed E-state index contributed by atoms with van der Waals surface area (Å²) in [6.45, 7) is 0.372. The first-order chi connectivity index (χ1) is 18.9. The van der Waals surface area contributed by atoms with E-state index in [0.29, 0.717) is 36.9 Å². The second kappa shape index (κ2) is 11.7. The molecular weight excluding hydrogens is 561 g/mol. The molecule has 0 unspecified atom stereocenters. The maximum atomic E-state index is 13.2. The van der Waals surface area contributed by atoms with Gasteiger partial charge >= 0.3 is 0 Å². The molecule has 0 spiro atoms. The van der Waals surface area contributed by atoms with Gasteiger partial charge in [-0.05, 0) is 30.3 Å². The van der Waals surface area contributed by atoms with Crippen molar-refractivity contribution in [2.24, 2.45) is 0 Å². The third-order valence-corrected chi connectivity index (χ3v) is 7.32. The van der Waals surface area contributed by atoms with Gasteiger partial charge in [0.05, 0.1) is 15.1 Å². The number of hydrogen-bond donors (Lipinski definition) is 1. The molecule has 0 radical (unpaired) electrons. The third kappa shape index (κ3) is 6.46. The molecule has 0 saturated carbocycles. The van der Waals surface area contributed by atoms with Gasteiger partial charge in [-0.2, -0.15) is 0 Å². The number of thiazole rings is 1. The number of amides is 1. The molecular formula is C28H19Cl2N3O5S. The summed E-state index contributed by atoms with van der Waals surface area (Å²) >= 11 is 13.7. The van der Waals surface area contributed by atoms with Crippen LogP contribution in [0.3, 0.4) is 0 Å². The molecule has 0 aliphatic carbocycles. The molecule has 0 bridgehead atoms. The summed E-state index contributed by atoms with van der Waals surface area (Å²) in [5.74, 6) is 0.350. The number of nitro groups is 1. The zero-order valence-corrected chi connectivity index (χ0v) is 22.4. The van der Waals surface area contributed by atoms with Crippen LogP contribution in [-0.4, -0.2) is 15.8 Å². The highest BCUT2D eigenvalue weighted by Gasteiger charge is 2.16. The highest BCUT2D eigenvalue weighted by Crippen LogP contribution is 2.31. The van der Waals surface area contributed by atoms with Crippen LogP contribution < -0.4 is 14.8 Å². The Balaban J connectivity index is 1.39. The second-order valence-electron chi connectivity index (χ2n) is 8.34. The smallest absolute Gasteiger partial charge is 0.270 e. The Morgan fingerprint density at radius 3 is 2.03 bits per heavy atom. The van der Waals surface area contributed by atoms with Crippen molar-refractivity contribution in [3.8, 4) is 11.5 Å². The van der Waals surface area contributed by atoms with Gasteiger partial charge in [0.2, 0.25) is 0 Å². The van der Waals surface area contributed by atoms with Crippen LogP contribution in [0, 0.1) is 10.1 Å². The van der Waals surface area contributed by atoms with Gasteiger partial charge in [-0.3, -0.25) is 20.2 Å². The number of carbonyl (C=O) groups is 1. The summed E-state index contributed by atoms with van der Waals surface area (Å²) in [7, 11) is 0. The van der Waals surface area contributed by atoms with Crippen molar-refractivity contribution >= 4 is 61.5 Å². The molecule has 1 heterocycles. The molecule has 0 fully saturated rings. The minimum absolute atomic E-state index is 0.0484. The number of ether oxygens (including phenoxy) is 2. The molecule has 1 N–H and O–H groups in total. The van der Waals surface area contributed by atoms with E-state index >= 15 is 0 Å². The molecule has 196 valence electrons. The van der Waals surface area contributed by atoms with Crippen LogP contribution in [0.15, 0.2) is 84.9 Å². The molecule has 39 heavy (non-hydrogen) atoms. The van der Waals surface area contributed by atoms with E-state index in [9.17, 15) is 14.9 Å². The van der Waals surface area contributed by atoms with Gasteiger partial charge in [-0.1, -0.05) is 70.9 Å². The molecule has 1 aromatic heterocycles. The first-order valence-electron chi connectivity index (χ1n) is 11.6. The number of aromatic nitrogens is 1. The van der Waals surface area contributed by atoms with E-state index in [-0.39, 0.29) is 24.5 Å². The summed E-state index contributed by atoms with van der Waals surface area (Å²) in [5, 5.41) is 15.3. The Morgan fingerprint density at radius 2 is 1.46 bits per heavy atom. The van der Waals surface area contributed by atoms with Crippen molar-refractivity contribution in [1.82, 2.24) is 4.98 Å². The van der Waals surface area contributed by atoms with Gasteiger partial charge in [0.1, 0.15) is 24.7 Å². The molecule has 8 nitrogen and oxygen atoms in total. The van der Waals surface area contributed by atoms with E-state index in [1.54, 1.807) is 36.4 Å². The van der Waals surface area contributed by atoms with Crippen LogP contribution in [0.25, 0.3) is 10.2 Å². The van der Waals surface area contributed by atoms with E-state index in [0.717, 1.165) is 22.5 Å². The Hall–Kier alpha value is -4.18. The lowest BCUT2D eigenvalue weighted by Gasteiger charge is -2.13. The van der Waals surface area contributed by atoms with Crippen molar-refractivity contribution in [2.45, 2.75) is 13.2 Å². The Morgan fingerprint density at radius 1 is 0.872 bits per heavy atom. The van der Waals surface area contributed by atoms with Gasteiger partial charge in [-0.15, -0.1) is 0 Å². The third-order valence-electron chi connectivity index (χ3n) is 5.65. The minimum Gasteiger partial charge on any atom is -0.489 e. The second-order valence-corrected chi connectivity index (χ2v) is 10.2. The average Bonchev–Trinajstić information content (AvgIpc) is 3.33. The summed E-state index contributed by atoms with van der Waals surface area (Å²) < 4.78 is 12.5. The average molecular weight is 580 g/mol. The van der Waals surface area contributed by atoms with E-state index in [2.05, 4.69) is 10.3 Å². The number of nitrogens with one attached hydrogen (secondary N) is 1. The fourth-order valence-electron chi connectivity index (χ4n) is 3.67. The molecule has 5 aromatic rings. The minimum atomic E-state index is -0.476. The molecule has 5 rings (SSSR count). The summed E-state index contributed by atoms with van der Waals surface area (Å²) in [5.41, 5.74) is 2.34. The van der Waals surface area contributed by atoms with Gasteiger partial charge in [-0.25, -0.2) is 4.98 Å². The number of halogens is 2. The van der Waals surface area contributed by atoms with Gasteiger partial charge < -0.3 is 9.47 Å². The maximum absolute atomic E-state index is 13.2. The lowest BCUT2D eigenvalue weighted by atomic mass is 10.2. The van der Waals surface area contributed by atoms with Crippen LogP contribution >= 0.6 is 34.5 Å². The van der Waals surface area contributed by atoms with Crippen molar-refractivity contribution in [3.63, 3.8) is 0 Å². The largest absolute Gasteiger partial charge is 0.489 e. The van der Waals surface area contributed by atoms with Crippen LogP contribution in [-0.2, 0) is 13.2 Å². The zero-order valence-electron chi connectivity index (χ0n) is 20.1. The van der Waals surface area contributed by atoms with Crippen molar-refractivity contribution in [2.75, 3.05) is 5.32 Å². The number of nitrogens with zero attached hydrogens (tertiary/aromatic N) is 2. The lowest BCUT2D eigenvalue weighted by Crippen LogP contribution is -2.12. The van der Waals surface area contributed by atoms with Crippen LogP contribution in [0.4, 0.5) is 10.8 Å². The van der Waals surface area contributed by atoms with Crippen LogP contribution in [0.5, 0.6) is 11.5 Å². The van der Waals surface area contributed by atoms with Crippen molar-refractivity contribution < 1.29 is 19.2 Å². The Kier molecular flexibility index (Phi) is 7.92. The molecule has 11 heteroatoms. The molecule has 0 atom stereocenters. The topological polar surface area (TPSA) is 104 Å². The number of hydrogen-bond acceptors (Lipinski definition) is 7. The van der Waals surface area contributed by atoms with E-state index in [1.807, 2.05) is 36.4 Å². The first kappa shape index (κ1) is 26.4. The number of carbonyl (C=O) groups excluding carboxylic acids is 1. The predicted molar refractivity (Wildman–Crippen MR) is 152 cm³/mol. The monoisotopic (exact) mass is 579 g/mol.